The Balaban J connectivity index is 1.75. The monoisotopic (exact) mass is 219 g/mol. The number of hydrogen-bond donors (Lipinski definition) is 1. The summed E-state index contributed by atoms with van der Waals surface area (Å²) >= 11 is 0. The van der Waals surface area contributed by atoms with E-state index in [0.29, 0.717) is 0 Å². The highest BCUT2D eigenvalue weighted by Crippen LogP contribution is 2.50. The lowest BCUT2D eigenvalue weighted by Crippen LogP contribution is -2.16. The second kappa shape index (κ2) is 3.79. The van der Waals surface area contributed by atoms with Crippen molar-refractivity contribution in [3.05, 3.63) is 11.9 Å². The third kappa shape index (κ3) is 1.95. The van der Waals surface area contributed by atoms with Crippen LogP contribution in [0.15, 0.2) is 6.20 Å². The Morgan fingerprint density at radius 1 is 1.38 bits per heavy atom. The molecule has 0 saturated heterocycles. The Morgan fingerprint density at radius 3 is 2.50 bits per heavy atom. The van der Waals surface area contributed by atoms with Crippen molar-refractivity contribution in [2.24, 2.45) is 17.8 Å². The molecule has 3 rings (SSSR count). The maximum absolute atomic E-state index is 4.49. The van der Waals surface area contributed by atoms with Crippen LogP contribution in [0.3, 0.4) is 0 Å². The number of nitrogens with zero attached hydrogens (tertiary/aromatic N) is 2. The van der Waals surface area contributed by atoms with Gasteiger partial charge in [0, 0.05) is 19.8 Å². The highest BCUT2D eigenvalue weighted by Gasteiger charge is 2.41. The van der Waals surface area contributed by atoms with E-state index in [4.69, 9.17) is 0 Å². The van der Waals surface area contributed by atoms with Crippen molar-refractivity contribution >= 4 is 5.95 Å². The van der Waals surface area contributed by atoms with E-state index < -0.39 is 0 Å². The van der Waals surface area contributed by atoms with Gasteiger partial charge in [0.05, 0.1) is 5.69 Å². The summed E-state index contributed by atoms with van der Waals surface area (Å²) in [6, 6.07) is 0. The van der Waals surface area contributed by atoms with Crippen LogP contribution in [-0.4, -0.2) is 16.6 Å². The van der Waals surface area contributed by atoms with Gasteiger partial charge in [-0.05, 0) is 50.4 Å². The average Bonchev–Trinajstić information content (AvgIpc) is 3.13. The maximum atomic E-state index is 4.49. The zero-order chi connectivity index (χ0) is 11.1. The number of nitrogens with one attached hydrogen (secondary N) is 1. The van der Waals surface area contributed by atoms with Gasteiger partial charge < -0.3 is 9.88 Å². The summed E-state index contributed by atoms with van der Waals surface area (Å²) in [7, 11) is 1.96. The van der Waals surface area contributed by atoms with Gasteiger partial charge in [0.2, 0.25) is 5.95 Å². The Hall–Kier alpha value is -0.990. The topological polar surface area (TPSA) is 29.9 Å². The Morgan fingerprint density at radius 2 is 2.00 bits per heavy atom. The summed E-state index contributed by atoms with van der Waals surface area (Å²) in [5, 5.41) is 3.19. The molecule has 2 fully saturated rings. The number of rotatable bonds is 5. The standard InChI is InChI=1S/C13H21N3/c1-9-7-16(13(14-2)15-9)8-12(10-3-4-10)11-5-6-11/h7,10-12H,3-6,8H2,1-2H3,(H,14,15). The van der Waals surface area contributed by atoms with Crippen molar-refractivity contribution in [2.75, 3.05) is 12.4 Å². The van der Waals surface area contributed by atoms with Crippen LogP contribution in [0.1, 0.15) is 31.4 Å². The van der Waals surface area contributed by atoms with Gasteiger partial charge in [0.15, 0.2) is 0 Å². The lowest BCUT2D eigenvalue weighted by molar-refractivity contribution is 0.351. The molecule has 3 nitrogen and oxygen atoms in total. The van der Waals surface area contributed by atoms with Gasteiger partial charge in [-0.3, -0.25) is 0 Å². The third-order valence-corrected chi connectivity index (χ3v) is 3.98. The lowest BCUT2D eigenvalue weighted by Gasteiger charge is -2.17. The van der Waals surface area contributed by atoms with E-state index in [1.165, 1.54) is 32.2 Å². The van der Waals surface area contributed by atoms with Gasteiger partial charge in [-0.2, -0.15) is 0 Å². The van der Waals surface area contributed by atoms with Gasteiger partial charge in [-0.15, -0.1) is 0 Å². The first kappa shape index (κ1) is 10.2. The summed E-state index contributed by atoms with van der Waals surface area (Å²) in [6.45, 7) is 3.24. The van der Waals surface area contributed by atoms with Crippen molar-refractivity contribution in [1.82, 2.24) is 9.55 Å². The molecule has 1 N–H and O–H groups in total. The van der Waals surface area contributed by atoms with E-state index in [-0.39, 0.29) is 0 Å². The number of aromatic nitrogens is 2. The first-order valence-corrected chi connectivity index (χ1v) is 6.49. The Bertz CT molecular complexity index is 363. The van der Waals surface area contributed by atoms with E-state index in [0.717, 1.165) is 29.4 Å². The molecule has 2 aliphatic carbocycles. The van der Waals surface area contributed by atoms with Crippen LogP contribution in [-0.2, 0) is 6.54 Å². The summed E-state index contributed by atoms with van der Waals surface area (Å²) in [6.07, 6.45) is 8.03. The van der Waals surface area contributed by atoms with Crippen molar-refractivity contribution in [2.45, 2.75) is 39.2 Å². The van der Waals surface area contributed by atoms with Crippen LogP contribution in [0.5, 0.6) is 0 Å². The minimum atomic E-state index is 0.917. The quantitative estimate of drug-likeness (QED) is 0.825. The van der Waals surface area contributed by atoms with E-state index in [1.54, 1.807) is 0 Å². The van der Waals surface area contributed by atoms with Crippen molar-refractivity contribution in [3.8, 4) is 0 Å². The van der Waals surface area contributed by atoms with Crippen LogP contribution >= 0.6 is 0 Å². The first-order chi connectivity index (χ1) is 7.78. The van der Waals surface area contributed by atoms with Crippen molar-refractivity contribution in [1.29, 1.82) is 0 Å². The van der Waals surface area contributed by atoms with Crippen molar-refractivity contribution in [3.63, 3.8) is 0 Å². The van der Waals surface area contributed by atoms with Gasteiger partial charge >= 0.3 is 0 Å². The number of aryl methyl sites for hydroxylation is 1. The molecule has 0 bridgehead atoms. The van der Waals surface area contributed by atoms with Gasteiger partial charge in [0.25, 0.3) is 0 Å². The minimum absolute atomic E-state index is 0.917. The number of hydrogen-bond acceptors (Lipinski definition) is 2. The van der Waals surface area contributed by atoms with Crippen LogP contribution < -0.4 is 5.32 Å². The SMILES string of the molecule is CNc1nc(C)cn1CC(C1CC1)C1CC1. The lowest BCUT2D eigenvalue weighted by atomic mass is 9.98. The van der Waals surface area contributed by atoms with E-state index in [2.05, 4.69) is 28.0 Å². The molecule has 0 radical (unpaired) electrons. The molecule has 0 atom stereocenters. The number of anilines is 1. The largest absolute Gasteiger partial charge is 0.359 e. The average molecular weight is 219 g/mol. The first-order valence-electron chi connectivity index (χ1n) is 6.49. The molecule has 1 heterocycles. The summed E-state index contributed by atoms with van der Waals surface area (Å²) in [5.74, 6) is 3.98. The van der Waals surface area contributed by atoms with Crippen LogP contribution in [0.4, 0.5) is 5.95 Å². The fraction of sp³-hybridized carbons (Fsp3) is 0.769. The predicted octanol–water partition coefficient (Wildman–Crippen LogP) is 2.67. The second-order valence-electron chi connectivity index (χ2n) is 5.45. The molecule has 0 unspecified atom stereocenters. The molecule has 0 aliphatic heterocycles. The highest BCUT2D eigenvalue weighted by molar-refractivity contribution is 5.27. The second-order valence-corrected chi connectivity index (χ2v) is 5.45. The molecule has 0 amide bonds. The highest BCUT2D eigenvalue weighted by atomic mass is 15.2. The Kier molecular flexibility index (Phi) is 2.41. The molecule has 88 valence electrons. The maximum Gasteiger partial charge on any atom is 0.202 e. The smallest absolute Gasteiger partial charge is 0.202 e. The minimum Gasteiger partial charge on any atom is -0.359 e. The third-order valence-electron chi connectivity index (χ3n) is 3.98. The van der Waals surface area contributed by atoms with E-state index >= 15 is 0 Å². The van der Waals surface area contributed by atoms with Crippen LogP contribution in [0, 0.1) is 24.7 Å². The molecular weight excluding hydrogens is 198 g/mol. The summed E-state index contributed by atoms with van der Waals surface area (Å²) in [5.41, 5.74) is 1.12. The molecule has 2 saturated carbocycles. The summed E-state index contributed by atoms with van der Waals surface area (Å²) in [4.78, 5) is 4.49. The van der Waals surface area contributed by atoms with E-state index in [1.807, 2.05) is 7.05 Å². The van der Waals surface area contributed by atoms with Gasteiger partial charge in [-0.25, -0.2) is 4.98 Å². The molecular formula is C13H21N3. The van der Waals surface area contributed by atoms with Crippen molar-refractivity contribution < 1.29 is 0 Å². The fourth-order valence-electron chi connectivity index (χ4n) is 2.84. The zero-order valence-electron chi connectivity index (χ0n) is 10.2. The molecule has 1 aromatic rings. The van der Waals surface area contributed by atoms with Gasteiger partial charge in [-0.1, -0.05) is 0 Å². The predicted molar refractivity (Wildman–Crippen MR) is 65.4 cm³/mol. The summed E-state index contributed by atoms with van der Waals surface area (Å²) < 4.78 is 2.32. The molecule has 1 aromatic heterocycles. The molecule has 0 aromatic carbocycles. The molecule has 0 spiro atoms. The van der Waals surface area contributed by atoms with E-state index in [9.17, 15) is 0 Å². The zero-order valence-corrected chi connectivity index (χ0v) is 10.2. The van der Waals surface area contributed by atoms with Crippen LogP contribution in [0.2, 0.25) is 0 Å². The molecule has 16 heavy (non-hydrogen) atoms. The Labute approximate surface area is 97.3 Å². The van der Waals surface area contributed by atoms with Gasteiger partial charge in [0.1, 0.15) is 0 Å². The molecule has 3 heteroatoms. The van der Waals surface area contributed by atoms with Crippen LogP contribution in [0.25, 0.3) is 0 Å². The fourth-order valence-corrected chi connectivity index (χ4v) is 2.84. The normalized spacial score (nSPS) is 20.4. The number of imidazole rings is 1. The molecule has 2 aliphatic rings.